The first kappa shape index (κ1) is 12.7. The predicted octanol–water partition coefficient (Wildman–Crippen LogP) is 3.77. The average molecular weight is 260 g/mol. The number of ketones is 1. The number of nitrogens with two attached hydrogens (primary N) is 1. The van der Waals surface area contributed by atoms with E-state index >= 15 is 0 Å². The zero-order chi connectivity index (χ0) is 13.3. The summed E-state index contributed by atoms with van der Waals surface area (Å²) in [5.74, 6) is -0.0627. The van der Waals surface area contributed by atoms with Crippen LogP contribution in [0.15, 0.2) is 36.4 Å². The van der Waals surface area contributed by atoms with E-state index in [1.165, 1.54) is 0 Å². The van der Waals surface area contributed by atoms with Gasteiger partial charge in [-0.3, -0.25) is 4.79 Å². The van der Waals surface area contributed by atoms with Gasteiger partial charge in [0.15, 0.2) is 5.78 Å². The number of nitrogen functional groups attached to an aromatic ring is 1. The average Bonchev–Trinajstić information content (AvgIpc) is 2.30. The van der Waals surface area contributed by atoms with Crippen LogP contribution in [0.4, 0.5) is 5.69 Å². The van der Waals surface area contributed by atoms with Crippen LogP contribution in [0.3, 0.4) is 0 Å². The second-order valence-electron chi connectivity index (χ2n) is 4.40. The third-order valence-corrected chi connectivity index (χ3v) is 3.17. The molecular weight excluding hydrogens is 246 g/mol. The summed E-state index contributed by atoms with van der Waals surface area (Å²) < 4.78 is 0. The first-order chi connectivity index (χ1) is 8.47. The van der Waals surface area contributed by atoms with Crippen LogP contribution >= 0.6 is 11.6 Å². The Bertz CT molecular complexity index is 600. The van der Waals surface area contributed by atoms with Crippen molar-refractivity contribution < 1.29 is 4.79 Å². The number of halogens is 1. The molecule has 18 heavy (non-hydrogen) atoms. The summed E-state index contributed by atoms with van der Waals surface area (Å²) in [6.45, 7) is 4.00. The Morgan fingerprint density at radius 2 is 1.72 bits per heavy atom. The Kier molecular flexibility index (Phi) is 3.39. The van der Waals surface area contributed by atoms with Crippen molar-refractivity contribution in [2.75, 3.05) is 5.73 Å². The minimum absolute atomic E-state index is 0.0627. The minimum atomic E-state index is -0.0627. The number of hydrogen-bond acceptors (Lipinski definition) is 2. The Labute approximate surface area is 111 Å². The summed E-state index contributed by atoms with van der Waals surface area (Å²) in [5.41, 5.74) is 9.61. The molecule has 0 amide bonds. The number of benzene rings is 2. The van der Waals surface area contributed by atoms with Gasteiger partial charge >= 0.3 is 0 Å². The lowest BCUT2D eigenvalue weighted by molar-refractivity contribution is 0.103. The van der Waals surface area contributed by atoms with Gasteiger partial charge in [0.2, 0.25) is 0 Å². The second-order valence-corrected chi connectivity index (χ2v) is 4.84. The summed E-state index contributed by atoms with van der Waals surface area (Å²) >= 11 is 5.91. The highest BCUT2D eigenvalue weighted by Crippen LogP contribution is 2.20. The van der Waals surface area contributed by atoms with Gasteiger partial charge < -0.3 is 5.73 Å². The Hall–Kier alpha value is -1.80. The molecule has 3 heteroatoms. The van der Waals surface area contributed by atoms with Crippen molar-refractivity contribution in [3.05, 3.63) is 63.7 Å². The molecule has 0 heterocycles. The molecule has 0 aliphatic carbocycles. The van der Waals surface area contributed by atoms with E-state index in [4.69, 9.17) is 17.3 Å². The number of rotatable bonds is 2. The summed E-state index contributed by atoms with van der Waals surface area (Å²) in [7, 11) is 0. The van der Waals surface area contributed by atoms with Crippen LogP contribution in [0.2, 0.25) is 5.02 Å². The maximum absolute atomic E-state index is 12.3. The predicted molar refractivity (Wildman–Crippen MR) is 75.2 cm³/mol. The molecule has 0 spiro atoms. The molecular formula is C15H14ClNO. The SMILES string of the molecule is Cc1ccc(C(=O)c2cc(N)cc(Cl)c2)cc1C. The Morgan fingerprint density at radius 1 is 1.00 bits per heavy atom. The van der Waals surface area contributed by atoms with Crippen molar-refractivity contribution >= 4 is 23.1 Å². The molecule has 2 rings (SSSR count). The lowest BCUT2D eigenvalue weighted by Crippen LogP contribution is -2.03. The summed E-state index contributed by atoms with van der Waals surface area (Å²) in [6, 6.07) is 10.5. The largest absolute Gasteiger partial charge is 0.399 e. The number of carbonyl (C=O) groups excluding carboxylic acids is 1. The highest BCUT2D eigenvalue weighted by atomic mass is 35.5. The van der Waals surface area contributed by atoms with Gasteiger partial charge in [-0.15, -0.1) is 0 Å². The lowest BCUT2D eigenvalue weighted by atomic mass is 9.99. The van der Waals surface area contributed by atoms with E-state index in [2.05, 4.69) is 0 Å². The van der Waals surface area contributed by atoms with Gasteiger partial charge in [-0.05, 0) is 49.2 Å². The number of anilines is 1. The van der Waals surface area contributed by atoms with Crippen molar-refractivity contribution in [3.63, 3.8) is 0 Å². The van der Waals surface area contributed by atoms with E-state index in [0.717, 1.165) is 11.1 Å². The molecule has 0 radical (unpaired) electrons. The third kappa shape index (κ3) is 2.54. The highest BCUT2D eigenvalue weighted by Gasteiger charge is 2.11. The molecule has 2 N–H and O–H groups in total. The number of aryl methyl sites for hydroxylation is 2. The molecule has 0 bridgehead atoms. The molecule has 0 saturated heterocycles. The summed E-state index contributed by atoms with van der Waals surface area (Å²) in [5, 5.41) is 0.474. The van der Waals surface area contributed by atoms with Crippen LogP contribution in [0.5, 0.6) is 0 Å². The fraction of sp³-hybridized carbons (Fsp3) is 0.133. The smallest absolute Gasteiger partial charge is 0.193 e. The fourth-order valence-corrected chi connectivity index (χ4v) is 2.04. The molecule has 0 atom stereocenters. The minimum Gasteiger partial charge on any atom is -0.399 e. The van der Waals surface area contributed by atoms with E-state index in [-0.39, 0.29) is 5.78 Å². The first-order valence-corrected chi connectivity index (χ1v) is 6.03. The van der Waals surface area contributed by atoms with Crippen LogP contribution in [0, 0.1) is 13.8 Å². The van der Waals surface area contributed by atoms with Crippen LogP contribution in [-0.2, 0) is 0 Å². The monoisotopic (exact) mass is 259 g/mol. The third-order valence-electron chi connectivity index (χ3n) is 2.95. The molecule has 2 aromatic carbocycles. The van der Waals surface area contributed by atoms with Gasteiger partial charge in [0, 0.05) is 21.8 Å². The van der Waals surface area contributed by atoms with Crippen molar-refractivity contribution in [2.24, 2.45) is 0 Å². The van der Waals surface area contributed by atoms with E-state index in [9.17, 15) is 4.79 Å². The van der Waals surface area contributed by atoms with Gasteiger partial charge in [0.25, 0.3) is 0 Å². The molecule has 0 aromatic heterocycles. The number of carbonyl (C=O) groups is 1. The van der Waals surface area contributed by atoms with Crippen molar-refractivity contribution in [3.8, 4) is 0 Å². The normalized spacial score (nSPS) is 10.4. The zero-order valence-electron chi connectivity index (χ0n) is 10.3. The van der Waals surface area contributed by atoms with Gasteiger partial charge in [0.1, 0.15) is 0 Å². The molecule has 0 unspecified atom stereocenters. The maximum Gasteiger partial charge on any atom is 0.193 e. The van der Waals surface area contributed by atoms with Crippen molar-refractivity contribution in [1.82, 2.24) is 0 Å². The van der Waals surface area contributed by atoms with Crippen LogP contribution < -0.4 is 5.73 Å². The maximum atomic E-state index is 12.3. The van der Waals surface area contributed by atoms with E-state index in [1.54, 1.807) is 18.2 Å². The van der Waals surface area contributed by atoms with Crippen LogP contribution in [0.25, 0.3) is 0 Å². The lowest BCUT2D eigenvalue weighted by Gasteiger charge is -2.06. The topological polar surface area (TPSA) is 43.1 Å². The van der Waals surface area contributed by atoms with Crippen LogP contribution in [0.1, 0.15) is 27.0 Å². The summed E-state index contributed by atoms with van der Waals surface area (Å²) in [6.07, 6.45) is 0. The van der Waals surface area contributed by atoms with Crippen molar-refractivity contribution in [1.29, 1.82) is 0 Å². The highest BCUT2D eigenvalue weighted by molar-refractivity contribution is 6.31. The zero-order valence-corrected chi connectivity index (χ0v) is 11.1. The van der Waals surface area contributed by atoms with Gasteiger partial charge in [-0.2, -0.15) is 0 Å². The Morgan fingerprint density at radius 3 is 2.33 bits per heavy atom. The quantitative estimate of drug-likeness (QED) is 0.659. The summed E-state index contributed by atoms with van der Waals surface area (Å²) in [4.78, 5) is 12.3. The number of hydrogen-bond donors (Lipinski definition) is 1. The van der Waals surface area contributed by atoms with E-state index < -0.39 is 0 Å². The van der Waals surface area contributed by atoms with E-state index in [0.29, 0.717) is 21.8 Å². The molecule has 2 aromatic rings. The standard InChI is InChI=1S/C15H14ClNO/c1-9-3-4-11(5-10(9)2)15(18)12-6-13(16)8-14(17)7-12/h3-8H,17H2,1-2H3. The molecule has 0 fully saturated rings. The molecule has 0 saturated carbocycles. The van der Waals surface area contributed by atoms with Crippen LogP contribution in [-0.4, -0.2) is 5.78 Å². The van der Waals surface area contributed by atoms with Gasteiger partial charge in [0.05, 0.1) is 0 Å². The molecule has 92 valence electrons. The van der Waals surface area contributed by atoms with Gasteiger partial charge in [-0.1, -0.05) is 23.7 Å². The van der Waals surface area contributed by atoms with Crippen molar-refractivity contribution in [2.45, 2.75) is 13.8 Å². The van der Waals surface area contributed by atoms with E-state index in [1.807, 2.05) is 32.0 Å². The first-order valence-electron chi connectivity index (χ1n) is 5.65. The fourth-order valence-electron chi connectivity index (χ4n) is 1.79. The molecule has 2 nitrogen and oxygen atoms in total. The molecule has 0 aliphatic rings. The Balaban J connectivity index is 2.44. The second kappa shape index (κ2) is 4.83. The van der Waals surface area contributed by atoms with Gasteiger partial charge in [-0.25, -0.2) is 0 Å². The molecule has 0 aliphatic heterocycles.